The van der Waals surface area contributed by atoms with Crippen molar-refractivity contribution in [3.63, 3.8) is 0 Å². The van der Waals surface area contributed by atoms with Gasteiger partial charge in [0.2, 0.25) is 0 Å². The van der Waals surface area contributed by atoms with Crippen LogP contribution >= 0.6 is 0 Å². The molecule has 0 N–H and O–H groups in total. The van der Waals surface area contributed by atoms with Crippen LogP contribution in [0.1, 0.15) is 31.2 Å². The van der Waals surface area contributed by atoms with E-state index in [4.69, 9.17) is 9.47 Å². The summed E-state index contributed by atoms with van der Waals surface area (Å²) < 4.78 is 51.1. The third kappa shape index (κ3) is 3.02. The Morgan fingerprint density at radius 2 is 1.88 bits per heavy atom. The van der Waals surface area contributed by atoms with Gasteiger partial charge in [0.05, 0.1) is 13.2 Å². The number of carbonyl (C=O) groups is 1. The Balaban J connectivity index is 2.00. The van der Waals surface area contributed by atoms with Crippen molar-refractivity contribution >= 4 is 11.8 Å². The van der Waals surface area contributed by atoms with Crippen molar-refractivity contribution in [2.75, 3.05) is 19.8 Å². The van der Waals surface area contributed by atoms with E-state index in [9.17, 15) is 18.0 Å². The molecule has 7 heteroatoms. The summed E-state index contributed by atoms with van der Waals surface area (Å²) >= 11 is 0. The average molecular weight is 344 g/mol. The van der Waals surface area contributed by atoms with Crippen molar-refractivity contribution in [3.8, 4) is 0 Å². The number of rotatable bonds is 1. The third-order valence-corrected chi connectivity index (χ3v) is 4.77. The Morgan fingerprint density at radius 3 is 2.58 bits per heavy atom. The van der Waals surface area contributed by atoms with Crippen LogP contribution in [-0.2, 0) is 15.9 Å². The molecule has 0 aliphatic carbocycles. The van der Waals surface area contributed by atoms with Gasteiger partial charge < -0.3 is 9.47 Å². The highest BCUT2D eigenvalue weighted by Gasteiger charge is 2.65. The number of para-hydroxylation sites is 1. The average Bonchev–Trinajstić information content (AvgIpc) is 2.75. The summed E-state index contributed by atoms with van der Waals surface area (Å²) in [5, 5.41) is 0. The minimum Gasteiger partial charge on any atom is -0.416 e. The fraction of sp³-hybridized carbons (Fsp3) is 0.588. The molecule has 3 rings (SSSR count). The zero-order valence-electron chi connectivity index (χ0n) is 13.3. The van der Waals surface area contributed by atoms with Gasteiger partial charge in [0.25, 0.3) is 0 Å². The highest BCUT2D eigenvalue weighted by Crippen LogP contribution is 2.43. The number of hydrogen-bond donors (Lipinski definition) is 0. The Hall–Kier alpha value is -1.60. The van der Waals surface area contributed by atoms with Crippen LogP contribution < -0.4 is 4.48 Å². The van der Waals surface area contributed by atoms with Crippen LogP contribution in [0.2, 0.25) is 0 Å². The molecule has 0 spiro atoms. The minimum absolute atomic E-state index is 0.000408. The standard InChI is InChI=1S/C17H21F3NO3/c18-17(19,20)21(16(22)24-14-8-11-23-12-9-14)10-4-3-6-13-5-1-2-7-15(13)21/h1-2,5,7,14H,3-4,6,8-12H2/q+1. The molecule has 1 aromatic rings. The van der Waals surface area contributed by atoms with Crippen LogP contribution in [0, 0.1) is 0 Å². The second-order valence-electron chi connectivity index (χ2n) is 6.28. The fourth-order valence-electron chi connectivity index (χ4n) is 3.46. The smallest absolute Gasteiger partial charge is 0.416 e. The Morgan fingerprint density at radius 1 is 1.17 bits per heavy atom. The number of fused-ring (bicyclic) bond motifs is 1. The zero-order chi connectivity index (χ0) is 17.2. The van der Waals surface area contributed by atoms with Crippen molar-refractivity contribution in [3.05, 3.63) is 29.8 Å². The second-order valence-corrected chi connectivity index (χ2v) is 6.28. The molecular weight excluding hydrogens is 323 g/mol. The van der Waals surface area contributed by atoms with E-state index in [0.29, 0.717) is 50.9 Å². The molecule has 1 fully saturated rings. The molecule has 1 aromatic carbocycles. The zero-order valence-corrected chi connectivity index (χ0v) is 13.3. The molecule has 4 nitrogen and oxygen atoms in total. The number of benzene rings is 1. The van der Waals surface area contributed by atoms with Gasteiger partial charge >= 0.3 is 12.4 Å². The van der Waals surface area contributed by atoms with E-state index in [0.717, 1.165) is 0 Å². The molecule has 1 amide bonds. The first-order chi connectivity index (χ1) is 11.4. The van der Waals surface area contributed by atoms with Gasteiger partial charge in [-0.05, 0) is 19.3 Å². The van der Waals surface area contributed by atoms with Crippen molar-refractivity contribution in [1.29, 1.82) is 0 Å². The monoisotopic (exact) mass is 344 g/mol. The fourth-order valence-corrected chi connectivity index (χ4v) is 3.46. The summed E-state index contributed by atoms with van der Waals surface area (Å²) in [4.78, 5) is 12.7. The Bertz CT molecular complexity index is 599. The van der Waals surface area contributed by atoms with E-state index >= 15 is 0 Å². The lowest BCUT2D eigenvalue weighted by Gasteiger charge is -2.36. The van der Waals surface area contributed by atoms with Crippen molar-refractivity contribution < 1.29 is 27.4 Å². The van der Waals surface area contributed by atoms with Gasteiger partial charge in [-0.3, -0.25) is 0 Å². The second kappa shape index (κ2) is 6.72. The number of carbonyl (C=O) groups excluding carboxylic acids is 1. The lowest BCUT2D eigenvalue weighted by Crippen LogP contribution is -2.64. The first kappa shape index (κ1) is 17.2. The molecule has 24 heavy (non-hydrogen) atoms. The molecule has 2 aliphatic heterocycles. The van der Waals surface area contributed by atoms with Crippen LogP contribution in [0.15, 0.2) is 24.3 Å². The van der Waals surface area contributed by atoms with Crippen LogP contribution in [0.3, 0.4) is 0 Å². The number of hydrogen-bond acceptors (Lipinski definition) is 3. The van der Waals surface area contributed by atoms with Crippen molar-refractivity contribution in [2.24, 2.45) is 0 Å². The molecule has 0 aromatic heterocycles. The van der Waals surface area contributed by atoms with E-state index in [-0.39, 0.29) is 12.2 Å². The number of aryl methyl sites for hydroxylation is 1. The lowest BCUT2D eigenvalue weighted by atomic mass is 10.1. The van der Waals surface area contributed by atoms with Crippen LogP contribution in [0.25, 0.3) is 0 Å². The summed E-state index contributed by atoms with van der Waals surface area (Å²) in [5.74, 6) is 0. The molecule has 0 bridgehead atoms. The van der Waals surface area contributed by atoms with Gasteiger partial charge in [0, 0.05) is 24.5 Å². The normalized spacial score (nSPS) is 25.6. The van der Waals surface area contributed by atoms with Gasteiger partial charge in [0.1, 0.15) is 12.6 Å². The highest BCUT2D eigenvalue weighted by atomic mass is 19.4. The maximum Gasteiger partial charge on any atom is 0.576 e. The van der Waals surface area contributed by atoms with Crippen molar-refractivity contribution in [2.45, 2.75) is 44.5 Å². The summed E-state index contributed by atoms with van der Waals surface area (Å²) in [6, 6.07) is 6.32. The summed E-state index contributed by atoms with van der Waals surface area (Å²) in [5.41, 5.74) is 0.566. The predicted octanol–water partition coefficient (Wildman–Crippen LogP) is 4.17. The molecule has 2 aliphatic rings. The topological polar surface area (TPSA) is 35.5 Å². The molecule has 1 atom stereocenters. The number of ether oxygens (including phenoxy) is 2. The molecule has 2 heterocycles. The number of quaternary nitrogens is 1. The van der Waals surface area contributed by atoms with Crippen LogP contribution in [0.4, 0.5) is 23.7 Å². The SMILES string of the molecule is O=C(OC1CCOCC1)[N+]1(C(F)(F)F)CCCCc2ccccc21. The molecule has 0 saturated carbocycles. The van der Waals surface area contributed by atoms with E-state index in [1.807, 2.05) is 0 Å². The van der Waals surface area contributed by atoms with E-state index in [2.05, 4.69) is 0 Å². The molecule has 1 unspecified atom stereocenters. The van der Waals surface area contributed by atoms with Gasteiger partial charge in [0.15, 0.2) is 5.69 Å². The molecular formula is C17H21F3NO3+. The number of alkyl halides is 3. The number of amides is 1. The number of halogens is 3. The third-order valence-electron chi connectivity index (χ3n) is 4.77. The highest BCUT2D eigenvalue weighted by molar-refractivity contribution is 5.84. The van der Waals surface area contributed by atoms with E-state index < -0.39 is 23.0 Å². The molecule has 132 valence electrons. The minimum atomic E-state index is -4.75. The predicted molar refractivity (Wildman–Crippen MR) is 82.4 cm³/mol. The van der Waals surface area contributed by atoms with E-state index in [1.165, 1.54) is 6.07 Å². The largest absolute Gasteiger partial charge is 0.576 e. The van der Waals surface area contributed by atoms with Crippen LogP contribution in [0.5, 0.6) is 0 Å². The van der Waals surface area contributed by atoms with Gasteiger partial charge in [-0.15, -0.1) is 13.2 Å². The summed E-state index contributed by atoms with van der Waals surface area (Å²) in [7, 11) is 0. The maximum absolute atomic E-state index is 14.1. The number of nitrogens with zero attached hydrogens (tertiary/aromatic N) is 1. The van der Waals surface area contributed by atoms with Crippen molar-refractivity contribution in [1.82, 2.24) is 4.48 Å². The lowest BCUT2D eigenvalue weighted by molar-refractivity contribution is -0.226. The molecule has 0 radical (unpaired) electrons. The quantitative estimate of drug-likeness (QED) is 0.567. The van der Waals surface area contributed by atoms with E-state index in [1.54, 1.807) is 18.2 Å². The first-order valence-electron chi connectivity index (χ1n) is 8.27. The van der Waals surface area contributed by atoms with Gasteiger partial charge in [-0.25, -0.2) is 0 Å². The molecule has 1 saturated heterocycles. The van der Waals surface area contributed by atoms with Gasteiger partial charge in [-0.1, -0.05) is 22.7 Å². The maximum atomic E-state index is 14.1. The van der Waals surface area contributed by atoms with Gasteiger partial charge in [-0.2, -0.15) is 4.79 Å². The summed E-state index contributed by atoms with van der Waals surface area (Å²) in [6.07, 6.45) is -4.13. The Kier molecular flexibility index (Phi) is 4.83. The first-order valence-corrected chi connectivity index (χ1v) is 8.27. The summed E-state index contributed by atoms with van der Waals surface area (Å²) in [6.45, 7) is 0.490. The van der Waals surface area contributed by atoms with Crippen LogP contribution in [-0.4, -0.2) is 38.3 Å². The Labute approximate surface area is 138 Å².